The highest BCUT2D eigenvalue weighted by Crippen LogP contribution is 2.31. The summed E-state index contributed by atoms with van der Waals surface area (Å²) in [6, 6.07) is 6.96. The van der Waals surface area contributed by atoms with Crippen LogP contribution < -0.4 is 10.6 Å². The first kappa shape index (κ1) is 16.5. The van der Waals surface area contributed by atoms with Crippen LogP contribution in [-0.4, -0.2) is 49.5 Å². The minimum absolute atomic E-state index is 0.350. The molecule has 0 saturated carbocycles. The van der Waals surface area contributed by atoms with E-state index in [0.29, 0.717) is 30.1 Å². The van der Waals surface area contributed by atoms with Crippen molar-refractivity contribution in [1.82, 2.24) is 9.88 Å². The summed E-state index contributed by atoms with van der Waals surface area (Å²) in [6.07, 6.45) is -4.33. The standard InChI is InChI=1S/C16H18F3N5/c1-20-7-10-8-22-15(23-10)14-6-11-12(21-2)4-3-5-13(11)24(14)9-16(17,18)19/h3-6,20-21H,7-9H2,1-2H3. The smallest absolute Gasteiger partial charge is 0.388 e. The van der Waals surface area contributed by atoms with E-state index in [0.717, 1.165) is 16.8 Å². The molecule has 2 heterocycles. The average Bonchev–Trinajstić information content (AvgIpc) is 3.11. The summed E-state index contributed by atoms with van der Waals surface area (Å²) in [5, 5.41) is 6.71. The van der Waals surface area contributed by atoms with Crippen LogP contribution in [0.25, 0.3) is 10.9 Å². The first-order valence-electron chi connectivity index (χ1n) is 7.55. The third-order valence-corrected chi connectivity index (χ3v) is 3.84. The molecule has 0 amide bonds. The Labute approximate surface area is 137 Å². The van der Waals surface area contributed by atoms with Crippen LogP contribution in [0.15, 0.2) is 34.3 Å². The van der Waals surface area contributed by atoms with Crippen molar-refractivity contribution in [2.24, 2.45) is 9.98 Å². The van der Waals surface area contributed by atoms with E-state index in [4.69, 9.17) is 0 Å². The van der Waals surface area contributed by atoms with Gasteiger partial charge >= 0.3 is 6.18 Å². The van der Waals surface area contributed by atoms with Crippen molar-refractivity contribution in [3.05, 3.63) is 30.0 Å². The van der Waals surface area contributed by atoms with Crippen molar-refractivity contribution >= 4 is 28.1 Å². The van der Waals surface area contributed by atoms with Gasteiger partial charge in [-0.15, -0.1) is 0 Å². The lowest BCUT2D eigenvalue weighted by molar-refractivity contribution is -0.139. The summed E-state index contributed by atoms with van der Waals surface area (Å²) in [5.74, 6) is 0.350. The summed E-state index contributed by atoms with van der Waals surface area (Å²) in [7, 11) is 3.53. The molecule has 5 nitrogen and oxygen atoms in total. The second-order valence-corrected chi connectivity index (χ2v) is 5.57. The Morgan fingerprint density at radius 3 is 2.71 bits per heavy atom. The zero-order valence-corrected chi connectivity index (χ0v) is 13.4. The fraction of sp³-hybridized carbons (Fsp3) is 0.375. The van der Waals surface area contributed by atoms with E-state index in [9.17, 15) is 13.2 Å². The highest BCUT2D eigenvalue weighted by atomic mass is 19.4. The lowest BCUT2D eigenvalue weighted by Crippen LogP contribution is -2.21. The number of nitrogens with zero attached hydrogens (tertiary/aromatic N) is 3. The predicted octanol–water partition coefficient (Wildman–Crippen LogP) is 2.67. The second-order valence-electron chi connectivity index (χ2n) is 5.57. The molecule has 0 bridgehead atoms. The van der Waals surface area contributed by atoms with Gasteiger partial charge in [0.05, 0.1) is 23.5 Å². The van der Waals surface area contributed by atoms with E-state index in [-0.39, 0.29) is 0 Å². The monoisotopic (exact) mass is 337 g/mol. The number of halogens is 3. The van der Waals surface area contributed by atoms with Crippen LogP contribution in [0, 0.1) is 0 Å². The highest BCUT2D eigenvalue weighted by molar-refractivity contribution is 6.13. The molecule has 3 rings (SSSR count). The first-order valence-corrected chi connectivity index (χ1v) is 7.55. The van der Waals surface area contributed by atoms with Crippen molar-refractivity contribution in [3.8, 4) is 0 Å². The number of hydrogen-bond donors (Lipinski definition) is 2. The molecule has 0 radical (unpaired) electrons. The number of nitrogens with one attached hydrogen (secondary N) is 2. The molecule has 0 saturated heterocycles. The highest BCUT2D eigenvalue weighted by Gasteiger charge is 2.31. The van der Waals surface area contributed by atoms with Crippen LogP contribution in [0.2, 0.25) is 0 Å². The molecule has 1 aliphatic heterocycles. The molecule has 1 aromatic heterocycles. The minimum Gasteiger partial charge on any atom is -0.388 e. The molecule has 0 spiro atoms. The van der Waals surface area contributed by atoms with Crippen LogP contribution in [-0.2, 0) is 6.54 Å². The summed E-state index contributed by atoms with van der Waals surface area (Å²) < 4.78 is 40.5. The number of rotatable bonds is 5. The molecule has 2 N–H and O–H groups in total. The zero-order chi connectivity index (χ0) is 17.3. The Morgan fingerprint density at radius 1 is 1.25 bits per heavy atom. The fourth-order valence-electron chi connectivity index (χ4n) is 2.86. The third kappa shape index (κ3) is 3.14. The van der Waals surface area contributed by atoms with Crippen molar-refractivity contribution in [2.75, 3.05) is 32.5 Å². The van der Waals surface area contributed by atoms with E-state index in [1.807, 2.05) is 6.07 Å². The summed E-state index contributed by atoms with van der Waals surface area (Å²) in [5.41, 5.74) is 2.48. The summed E-state index contributed by atoms with van der Waals surface area (Å²) in [4.78, 5) is 8.70. The van der Waals surface area contributed by atoms with E-state index in [1.54, 1.807) is 32.3 Å². The van der Waals surface area contributed by atoms with Crippen molar-refractivity contribution in [2.45, 2.75) is 12.7 Å². The average molecular weight is 337 g/mol. The van der Waals surface area contributed by atoms with Crippen LogP contribution in [0.3, 0.4) is 0 Å². The van der Waals surface area contributed by atoms with Gasteiger partial charge in [0, 0.05) is 24.7 Å². The zero-order valence-electron chi connectivity index (χ0n) is 13.4. The van der Waals surface area contributed by atoms with Gasteiger partial charge in [-0.05, 0) is 25.2 Å². The molecule has 0 fully saturated rings. The van der Waals surface area contributed by atoms with E-state index >= 15 is 0 Å². The van der Waals surface area contributed by atoms with Crippen molar-refractivity contribution in [1.29, 1.82) is 0 Å². The molecular weight excluding hydrogens is 319 g/mol. The van der Waals surface area contributed by atoms with Crippen LogP contribution in [0.5, 0.6) is 0 Å². The summed E-state index contributed by atoms with van der Waals surface area (Å²) in [6.45, 7) is -0.105. The van der Waals surface area contributed by atoms with Crippen LogP contribution in [0.4, 0.5) is 18.9 Å². The van der Waals surface area contributed by atoms with Crippen molar-refractivity contribution < 1.29 is 13.2 Å². The Bertz CT molecular complexity index is 817. The quantitative estimate of drug-likeness (QED) is 0.881. The SMILES string of the molecule is CNCC1=NC(c2cc3c(NC)cccc3n2CC(F)(F)F)=NC1. The second kappa shape index (κ2) is 6.27. The molecule has 1 aromatic carbocycles. The number of fused-ring (bicyclic) bond motifs is 1. The van der Waals surface area contributed by atoms with Gasteiger partial charge < -0.3 is 15.2 Å². The lowest BCUT2D eigenvalue weighted by Gasteiger charge is -2.12. The van der Waals surface area contributed by atoms with Gasteiger partial charge in [-0.1, -0.05) is 6.07 Å². The number of aromatic nitrogens is 1. The molecule has 2 aromatic rings. The molecular formula is C16H18F3N5. The fourth-order valence-corrected chi connectivity index (χ4v) is 2.86. The maximum absolute atomic E-state index is 13.1. The topological polar surface area (TPSA) is 53.7 Å². The van der Waals surface area contributed by atoms with Gasteiger partial charge in [-0.25, -0.2) is 4.99 Å². The largest absolute Gasteiger partial charge is 0.406 e. The van der Waals surface area contributed by atoms with E-state index < -0.39 is 12.7 Å². The van der Waals surface area contributed by atoms with Gasteiger partial charge in [-0.2, -0.15) is 13.2 Å². The number of aliphatic imine (C=N–C) groups is 2. The van der Waals surface area contributed by atoms with Gasteiger partial charge in [0.2, 0.25) is 0 Å². The maximum Gasteiger partial charge on any atom is 0.406 e. The van der Waals surface area contributed by atoms with Gasteiger partial charge in [-0.3, -0.25) is 4.99 Å². The van der Waals surface area contributed by atoms with Gasteiger partial charge in [0.25, 0.3) is 0 Å². The van der Waals surface area contributed by atoms with E-state index in [1.165, 1.54) is 4.57 Å². The molecule has 24 heavy (non-hydrogen) atoms. The molecule has 0 atom stereocenters. The normalized spacial score (nSPS) is 14.9. The van der Waals surface area contributed by atoms with Gasteiger partial charge in [0.15, 0.2) is 5.84 Å². The Balaban J connectivity index is 2.14. The molecule has 0 aliphatic carbocycles. The minimum atomic E-state index is -4.33. The predicted molar refractivity (Wildman–Crippen MR) is 90.3 cm³/mol. The molecule has 8 heteroatoms. The summed E-state index contributed by atoms with van der Waals surface area (Å²) >= 11 is 0. The maximum atomic E-state index is 13.1. The molecule has 0 unspecified atom stereocenters. The Kier molecular flexibility index (Phi) is 4.31. The Hall–Kier alpha value is -2.35. The number of benzene rings is 1. The van der Waals surface area contributed by atoms with E-state index in [2.05, 4.69) is 20.6 Å². The Morgan fingerprint density at radius 2 is 2.04 bits per heavy atom. The number of amidine groups is 1. The molecule has 128 valence electrons. The van der Waals surface area contributed by atoms with Crippen LogP contribution in [0.1, 0.15) is 5.69 Å². The third-order valence-electron chi connectivity index (χ3n) is 3.84. The number of anilines is 1. The number of alkyl halides is 3. The lowest BCUT2D eigenvalue weighted by atomic mass is 10.2. The molecule has 1 aliphatic rings. The number of hydrogen-bond acceptors (Lipinski definition) is 4. The first-order chi connectivity index (χ1) is 11.4. The van der Waals surface area contributed by atoms with Gasteiger partial charge in [0.1, 0.15) is 6.54 Å². The van der Waals surface area contributed by atoms with Crippen LogP contribution >= 0.6 is 0 Å². The van der Waals surface area contributed by atoms with Crippen molar-refractivity contribution in [3.63, 3.8) is 0 Å².